The SMILES string of the molecule is Cc1cc(Nc2cnc(C(N)=S)cn2)c2ccccc2n1. The molecular formula is C15H13N5S. The molecule has 0 spiro atoms. The van der Waals surface area contributed by atoms with Gasteiger partial charge in [-0.3, -0.25) is 4.98 Å². The average molecular weight is 295 g/mol. The van der Waals surface area contributed by atoms with Crippen LogP contribution >= 0.6 is 12.2 Å². The van der Waals surface area contributed by atoms with Crippen molar-refractivity contribution in [2.45, 2.75) is 6.92 Å². The van der Waals surface area contributed by atoms with E-state index in [0.29, 0.717) is 11.5 Å². The maximum Gasteiger partial charge on any atom is 0.148 e. The molecule has 0 amide bonds. The first-order chi connectivity index (χ1) is 10.1. The first-order valence-electron chi connectivity index (χ1n) is 6.39. The molecule has 0 unspecified atom stereocenters. The molecule has 1 aromatic carbocycles. The summed E-state index contributed by atoms with van der Waals surface area (Å²) >= 11 is 4.86. The van der Waals surface area contributed by atoms with Crippen molar-refractivity contribution in [2.75, 3.05) is 5.32 Å². The van der Waals surface area contributed by atoms with Crippen LogP contribution in [0.3, 0.4) is 0 Å². The quantitative estimate of drug-likeness (QED) is 0.724. The molecule has 104 valence electrons. The van der Waals surface area contributed by atoms with Gasteiger partial charge in [0.2, 0.25) is 0 Å². The molecule has 0 aliphatic heterocycles. The van der Waals surface area contributed by atoms with Gasteiger partial charge in [0.1, 0.15) is 16.5 Å². The number of thiocarbonyl (C=S) groups is 1. The maximum atomic E-state index is 5.51. The Kier molecular flexibility index (Phi) is 3.45. The van der Waals surface area contributed by atoms with Crippen molar-refractivity contribution in [1.82, 2.24) is 15.0 Å². The molecule has 2 heterocycles. The van der Waals surface area contributed by atoms with E-state index in [1.165, 1.54) is 0 Å². The highest BCUT2D eigenvalue weighted by molar-refractivity contribution is 7.80. The maximum absolute atomic E-state index is 5.51. The summed E-state index contributed by atoms with van der Waals surface area (Å²) in [6, 6.07) is 9.92. The molecule has 0 saturated carbocycles. The zero-order chi connectivity index (χ0) is 14.8. The molecule has 2 aromatic heterocycles. The Morgan fingerprint density at radius 2 is 2.00 bits per heavy atom. The number of para-hydroxylation sites is 1. The van der Waals surface area contributed by atoms with E-state index in [0.717, 1.165) is 22.3 Å². The molecule has 5 nitrogen and oxygen atoms in total. The van der Waals surface area contributed by atoms with Crippen molar-refractivity contribution >= 4 is 39.6 Å². The van der Waals surface area contributed by atoms with Gasteiger partial charge in [0.15, 0.2) is 0 Å². The number of benzene rings is 1. The van der Waals surface area contributed by atoms with Crippen LogP contribution in [-0.4, -0.2) is 19.9 Å². The van der Waals surface area contributed by atoms with Crippen LogP contribution in [-0.2, 0) is 0 Å². The Bertz CT molecular complexity index is 814. The monoisotopic (exact) mass is 295 g/mol. The predicted octanol–water partition coefficient (Wildman–Crippen LogP) is 2.71. The van der Waals surface area contributed by atoms with Crippen LogP contribution < -0.4 is 11.1 Å². The lowest BCUT2D eigenvalue weighted by atomic mass is 10.1. The Balaban J connectivity index is 1.99. The standard InChI is InChI=1S/C15H13N5S/c1-9-6-12(10-4-2-3-5-11(10)19-9)20-14-8-17-13(7-18-14)15(16)21/h2-8H,1H3,(H2,16,21)(H,18,19,20). The third-order valence-corrected chi connectivity index (χ3v) is 3.22. The molecule has 0 saturated heterocycles. The molecule has 0 atom stereocenters. The van der Waals surface area contributed by atoms with Crippen molar-refractivity contribution in [3.63, 3.8) is 0 Å². The van der Waals surface area contributed by atoms with Crippen molar-refractivity contribution in [3.05, 3.63) is 54.1 Å². The summed E-state index contributed by atoms with van der Waals surface area (Å²) in [4.78, 5) is 13.2. The summed E-state index contributed by atoms with van der Waals surface area (Å²) in [6.45, 7) is 1.96. The van der Waals surface area contributed by atoms with Gasteiger partial charge in [-0.25, -0.2) is 9.97 Å². The molecule has 0 radical (unpaired) electrons. The summed E-state index contributed by atoms with van der Waals surface area (Å²) < 4.78 is 0. The summed E-state index contributed by atoms with van der Waals surface area (Å²) in [6.07, 6.45) is 3.17. The normalized spacial score (nSPS) is 10.5. The van der Waals surface area contributed by atoms with Crippen LogP contribution in [0.25, 0.3) is 10.9 Å². The number of hydrogen-bond acceptors (Lipinski definition) is 5. The van der Waals surface area contributed by atoms with E-state index < -0.39 is 0 Å². The molecule has 0 aliphatic rings. The van der Waals surface area contributed by atoms with E-state index in [1.807, 2.05) is 37.3 Å². The van der Waals surface area contributed by atoms with Crippen LogP contribution in [0.2, 0.25) is 0 Å². The van der Waals surface area contributed by atoms with Crippen LogP contribution in [0.15, 0.2) is 42.7 Å². The number of rotatable bonds is 3. The van der Waals surface area contributed by atoms with Crippen LogP contribution in [0.1, 0.15) is 11.4 Å². The molecule has 3 N–H and O–H groups in total. The Hall–Kier alpha value is -2.60. The molecule has 3 rings (SSSR count). The van der Waals surface area contributed by atoms with Gasteiger partial charge < -0.3 is 11.1 Å². The topological polar surface area (TPSA) is 76.7 Å². The molecule has 21 heavy (non-hydrogen) atoms. The van der Waals surface area contributed by atoms with Crippen molar-refractivity contribution in [2.24, 2.45) is 5.73 Å². The second kappa shape index (κ2) is 5.41. The van der Waals surface area contributed by atoms with Crippen LogP contribution in [0.4, 0.5) is 11.5 Å². The van der Waals surface area contributed by atoms with Crippen molar-refractivity contribution in [1.29, 1.82) is 0 Å². The number of hydrogen-bond donors (Lipinski definition) is 2. The fourth-order valence-electron chi connectivity index (χ4n) is 2.07. The lowest BCUT2D eigenvalue weighted by molar-refractivity contribution is 1.17. The number of anilines is 2. The zero-order valence-corrected chi connectivity index (χ0v) is 12.2. The van der Waals surface area contributed by atoms with E-state index in [-0.39, 0.29) is 4.99 Å². The number of nitrogens with two attached hydrogens (primary N) is 1. The molecule has 3 aromatic rings. The molecule has 6 heteroatoms. The minimum atomic E-state index is 0.235. The molecular weight excluding hydrogens is 282 g/mol. The Labute approximate surface area is 127 Å². The smallest absolute Gasteiger partial charge is 0.148 e. The molecule has 0 aliphatic carbocycles. The third-order valence-electron chi connectivity index (χ3n) is 3.01. The van der Waals surface area contributed by atoms with Gasteiger partial charge in [0.05, 0.1) is 23.6 Å². The predicted molar refractivity (Wildman–Crippen MR) is 87.7 cm³/mol. The van der Waals surface area contributed by atoms with Crippen LogP contribution in [0, 0.1) is 6.92 Å². The lowest BCUT2D eigenvalue weighted by Gasteiger charge is -2.10. The summed E-state index contributed by atoms with van der Waals surface area (Å²) in [7, 11) is 0. The molecule has 0 bridgehead atoms. The van der Waals surface area contributed by atoms with Gasteiger partial charge in [-0.05, 0) is 19.1 Å². The van der Waals surface area contributed by atoms with Gasteiger partial charge >= 0.3 is 0 Å². The minimum Gasteiger partial charge on any atom is -0.388 e. The fourth-order valence-corrected chi connectivity index (χ4v) is 2.17. The van der Waals surface area contributed by atoms with E-state index in [2.05, 4.69) is 20.3 Å². The first kappa shape index (κ1) is 13.4. The number of nitrogens with zero attached hydrogens (tertiary/aromatic N) is 3. The number of aryl methyl sites for hydroxylation is 1. The highest BCUT2D eigenvalue weighted by Crippen LogP contribution is 2.25. The number of aromatic nitrogens is 3. The second-order valence-corrected chi connectivity index (χ2v) is 5.04. The van der Waals surface area contributed by atoms with E-state index >= 15 is 0 Å². The number of nitrogens with one attached hydrogen (secondary N) is 1. The minimum absolute atomic E-state index is 0.235. The number of fused-ring (bicyclic) bond motifs is 1. The van der Waals surface area contributed by atoms with Gasteiger partial charge in [0.25, 0.3) is 0 Å². The van der Waals surface area contributed by atoms with E-state index in [1.54, 1.807) is 12.4 Å². The van der Waals surface area contributed by atoms with Gasteiger partial charge in [-0.1, -0.05) is 30.4 Å². The first-order valence-corrected chi connectivity index (χ1v) is 6.79. The van der Waals surface area contributed by atoms with Gasteiger partial charge in [0, 0.05) is 11.1 Å². The van der Waals surface area contributed by atoms with Gasteiger partial charge in [-0.2, -0.15) is 0 Å². The highest BCUT2D eigenvalue weighted by Gasteiger charge is 2.05. The largest absolute Gasteiger partial charge is 0.388 e. The summed E-state index contributed by atoms with van der Waals surface area (Å²) in [5, 5.41) is 4.29. The number of pyridine rings is 1. The van der Waals surface area contributed by atoms with E-state index in [4.69, 9.17) is 18.0 Å². The van der Waals surface area contributed by atoms with Crippen LogP contribution in [0.5, 0.6) is 0 Å². The summed E-state index contributed by atoms with van der Waals surface area (Å²) in [5.74, 6) is 0.630. The Morgan fingerprint density at radius 3 is 2.71 bits per heavy atom. The average Bonchev–Trinajstić information content (AvgIpc) is 2.47. The molecule has 0 fully saturated rings. The Morgan fingerprint density at radius 1 is 1.19 bits per heavy atom. The summed E-state index contributed by atoms with van der Waals surface area (Å²) in [5.41, 5.74) is 8.83. The van der Waals surface area contributed by atoms with Gasteiger partial charge in [-0.15, -0.1) is 0 Å². The van der Waals surface area contributed by atoms with E-state index in [9.17, 15) is 0 Å². The highest BCUT2D eigenvalue weighted by atomic mass is 32.1. The second-order valence-electron chi connectivity index (χ2n) is 4.60. The van der Waals surface area contributed by atoms with Crippen molar-refractivity contribution < 1.29 is 0 Å². The van der Waals surface area contributed by atoms with Crippen molar-refractivity contribution in [3.8, 4) is 0 Å². The third kappa shape index (κ3) is 2.80. The fraction of sp³-hybridized carbons (Fsp3) is 0.0667. The zero-order valence-electron chi connectivity index (χ0n) is 11.4. The lowest BCUT2D eigenvalue weighted by Crippen LogP contribution is -2.12.